The minimum absolute atomic E-state index is 0.0477. The second-order valence-electron chi connectivity index (χ2n) is 16.5. The van der Waals surface area contributed by atoms with E-state index in [-0.39, 0.29) is 49.6 Å². The lowest BCUT2D eigenvalue weighted by Gasteiger charge is -2.27. The highest BCUT2D eigenvalue weighted by molar-refractivity contribution is 5.72. The number of hydrogen-bond donors (Lipinski definition) is 5. The number of rotatable bonds is 11. The molecule has 332 valence electrons. The first-order chi connectivity index (χ1) is 27.7. The van der Waals surface area contributed by atoms with Gasteiger partial charge in [-0.25, -0.2) is 0 Å². The molecule has 59 heavy (non-hydrogen) atoms. The lowest BCUT2D eigenvalue weighted by Crippen LogP contribution is -2.42. The van der Waals surface area contributed by atoms with Crippen LogP contribution in [0.1, 0.15) is 47.1 Å². The maximum Gasteiger partial charge on any atom is 0.320 e. The van der Waals surface area contributed by atoms with Crippen LogP contribution in [-0.4, -0.2) is 192 Å². The van der Waals surface area contributed by atoms with Gasteiger partial charge in [-0.2, -0.15) is 0 Å². The maximum atomic E-state index is 12.1. The lowest BCUT2D eigenvalue weighted by atomic mass is 10.2. The van der Waals surface area contributed by atoms with Crippen molar-refractivity contribution >= 4 is 23.9 Å². The molecule has 0 aliphatic carbocycles. The van der Waals surface area contributed by atoms with Crippen molar-refractivity contribution in [3.8, 4) is 17.2 Å². The van der Waals surface area contributed by atoms with Crippen LogP contribution >= 0.6 is 0 Å². The summed E-state index contributed by atoms with van der Waals surface area (Å²) in [4.78, 5) is 56.2. The zero-order valence-corrected chi connectivity index (χ0v) is 36.0. The number of nitrogens with zero attached hydrogens (tertiary/aromatic N) is 5. The van der Waals surface area contributed by atoms with Crippen molar-refractivity contribution in [1.82, 2.24) is 29.8 Å². The molecule has 2 aliphatic heterocycles. The molecule has 5 N–H and O–H groups in total. The Hall–Kier alpha value is -4.52. The fourth-order valence-electron chi connectivity index (χ4n) is 6.02. The van der Waals surface area contributed by atoms with E-state index in [1.807, 2.05) is 63.5 Å². The highest BCUT2D eigenvalue weighted by atomic mass is 16.6. The third kappa shape index (κ3) is 24.9. The van der Waals surface area contributed by atoms with Crippen molar-refractivity contribution in [1.29, 1.82) is 0 Å². The van der Waals surface area contributed by atoms with Gasteiger partial charge < -0.3 is 40.0 Å². The van der Waals surface area contributed by atoms with E-state index in [0.29, 0.717) is 58.9 Å². The Morgan fingerprint density at radius 3 is 1.22 bits per heavy atom. The molecule has 0 bridgehead atoms. The van der Waals surface area contributed by atoms with Gasteiger partial charge in [0.1, 0.15) is 28.5 Å². The number of esters is 2. The molecule has 0 radical (unpaired) electrons. The van der Waals surface area contributed by atoms with Crippen LogP contribution in [-0.2, 0) is 35.2 Å². The number of benzene rings is 2. The van der Waals surface area contributed by atoms with Crippen molar-refractivity contribution in [2.75, 3.05) is 112 Å². The zero-order valence-electron chi connectivity index (χ0n) is 36.0. The average molecular weight is 833 g/mol. The quantitative estimate of drug-likeness (QED) is 0.206. The molecule has 2 aromatic carbocycles. The highest BCUT2D eigenvalue weighted by Crippen LogP contribution is 2.15. The topological polar surface area (TPSA) is 205 Å². The predicted octanol–water partition coefficient (Wildman–Crippen LogP) is 2.26. The van der Waals surface area contributed by atoms with E-state index in [4.69, 9.17) is 29.5 Å². The molecular formula is C42H68N6O11. The Bertz CT molecular complexity index is 1480. The van der Waals surface area contributed by atoms with Crippen LogP contribution in [0.3, 0.4) is 0 Å². The van der Waals surface area contributed by atoms with Gasteiger partial charge in [0.15, 0.2) is 0 Å². The number of methoxy groups -OCH3 is 1. The average Bonchev–Trinajstić information content (AvgIpc) is 3.28. The van der Waals surface area contributed by atoms with Gasteiger partial charge in [0.05, 0.1) is 33.3 Å². The van der Waals surface area contributed by atoms with E-state index >= 15 is 0 Å². The Labute approximate surface area is 349 Å². The molecule has 2 fully saturated rings. The Balaban J connectivity index is 0.000000336. The number of ether oxygens (including phenoxy) is 3. The number of phenols is 2. The molecule has 0 spiro atoms. The number of nitrogens with one attached hydrogen (secondary N) is 1. The number of aromatic hydroxyl groups is 2. The van der Waals surface area contributed by atoms with Crippen molar-refractivity contribution in [2.24, 2.45) is 0 Å². The molecule has 17 nitrogen and oxygen atoms in total. The first-order valence-corrected chi connectivity index (χ1v) is 20.0. The normalized spacial score (nSPS) is 17.1. The summed E-state index contributed by atoms with van der Waals surface area (Å²) in [5.74, 6) is -0.962. The molecule has 0 unspecified atom stereocenters. The van der Waals surface area contributed by atoms with Crippen LogP contribution in [0.15, 0.2) is 48.5 Å². The standard InChI is InChI=1S/C18H35N3O4.C17H25N3O5.C7H8O2/c1-17(2,3)24-15(22)13-20-9-7-19-8-10-21(12-11-20)14-16(23)25-18(4,5)6;21-15-3-1-14(2-4-15)11-18-5-7-19(12-16(22)23)9-10-20(8-6-18)13-17(24)25;1-9-7-4-2-6(8)3-5-7/h19H,7-14H2,1-6H3;1-4,21H,5-13H2,(H,22,23)(H,24,25);2-5,8H,1H3. The Morgan fingerprint density at radius 1 is 0.542 bits per heavy atom. The van der Waals surface area contributed by atoms with Crippen LogP contribution in [0.5, 0.6) is 17.2 Å². The molecular weight excluding hydrogens is 764 g/mol. The van der Waals surface area contributed by atoms with Crippen LogP contribution in [0.25, 0.3) is 0 Å². The minimum atomic E-state index is -0.880. The molecule has 0 amide bonds. The number of hydrogen-bond acceptors (Lipinski definition) is 15. The number of phenolic OH excluding ortho intramolecular Hbond substituents is 2. The predicted molar refractivity (Wildman–Crippen MR) is 224 cm³/mol. The largest absolute Gasteiger partial charge is 0.508 e. The van der Waals surface area contributed by atoms with Crippen LogP contribution in [0, 0.1) is 0 Å². The van der Waals surface area contributed by atoms with Crippen molar-refractivity contribution in [3.63, 3.8) is 0 Å². The van der Waals surface area contributed by atoms with Gasteiger partial charge in [-0.05, 0) is 83.5 Å². The molecule has 0 atom stereocenters. The summed E-state index contributed by atoms with van der Waals surface area (Å²) in [5.41, 5.74) is 0.0988. The minimum Gasteiger partial charge on any atom is -0.508 e. The molecule has 2 heterocycles. The van der Waals surface area contributed by atoms with Crippen LogP contribution < -0.4 is 10.1 Å². The first-order valence-electron chi connectivity index (χ1n) is 20.0. The first kappa shape index (κ1) is 50.6. The van der Waals surface area contributed by atoms with Gasteiger partial charge in [0.25, 0.3) is 0 Å². The fourth-order valence-corrected chi connectivity index (χ4v) is 6.02. The van der Waals surface area contributed by atoms with Gasteiger partial charge in [0, 0.05) is 85.1 Å². The summed E-state index contributed by atoms with van der Waals surface area (Å²) in [6.45, 7) is 20.6. The second kappa shape index (κ2) is 25.9. The van der Waals surface area contributed by atoms with E-state index in [1.165, 1.54) is 0 Å². The summed E-state index contributed by atoms with van der Waals surface area (Å²) in [7, 11) is 1.59. The van der Waals surface area contributed by atoms with Gasteiger partial charge in [-0.1, -0.05) is 12.1 Å². The smallest absolute Gasteiger partial charge is 0.320 e. The summed E-state index contributed by atoms with van der Waals surface area (Å²) >= 11 is 0. The summed E-state index contributed by atoms with van der Waals surface area (Å²) in [6.07, 6.45) is 0. The lowest BCUT2D eigenvalue weighted by molar-refractivity contribution is -0.158. The number of carbonyl (C=O) groups is 4. The molecule has 0 aromatic heterocycles. The third-order valence-corrected chi connectivity index (χ3v) is 8.82. The zero-order chi connectivity index (χ0) is 44.0. The number of carboxylic acid groups (broad SMARTS) is 2. The monoisotopic (exact) mass is 832 g/mol. The van der Waals surface area contributed by atoms with E-state index in [2.05, 4.69) is 20.0 Å². The summed E-state index contributed by atoms with van der Waals surface area (Å²) < 4.78 is 15.7. The van der Waals surface area contributed by atoms with Crippen LogP contribution in [0.2, 0.25) is 0 Å². The van der Waals surface area contributed by atoms with Crippen molar-refractivity contribution in [2.45, 2.75) is 59.3 Å². The Morgan fingerprint density at radius 2 is 0.881 bits per heavy atom. The summed E-state index contributed by atoms with van der Waals surface area (Å²) in [6, 6.07) is 13.6. The number of carboxylic acids is 2. The van der Waals surface area contributed by atoms with E-state index in [1.54, 1.807) is 43.5 Å². The second-order valence-corrected chi connectivity index (χ2v) is 16.5. The summed E-state index contributed by atoms with van der Waals surface area (Å²) in [5, 5.41) is 39.6. The maximum absolute atomic E-state index is 12.1. The number of aliphatic carboxylic acids is 2. The molecule has 2 aliphatic rings. The molecule has 4 rings (SSSR count). The molecule has 2 saturated heterocycles. The van der Waals surface area contributed by atoms with E-state index < -0.39 is 23.1 Å². The van der Waals surface area contributed by atoms with Gasteiger partial charge in [0.2, 0.25) is 0 Å². The fraction of sp³-hybridized carbons (Fsp3) is 0.619. The van der Waals surface area contributed by atoms with Crippen molar-refractivity contribution in [3.05, 3.63) is 54.1 Å². The van der Waals surface area contributed by atoms with Crippen molar-refractivity contribution < 1.29 is 53.8 Å². The molecule has 0 saturated carbocycles. The van der Waals surface area contributed by atoms with Gasteiger partial charge in [-0.15, -0.1) is 0 Å². The molecule has 2 aromatic rings. The van der Waals surface area contributed by atoms with Gasteiger partial charge in [-0.3, -0.25) is 43.7 Å². The SMILES string of the molecule is CC(C)(C)OC(=O)CN1CCNCCN(CC(=O)OC(C)(C)C)CC1.COc1ccc(O)cc1.O=C(O)CN1CCN(CC(=O)O)CCN(Cc2ccc(O)cc2)CC1. The highest BCUT2D eigenvalue weighted by Gasteiger charge is 2.23. The van der Waals surface area contributed by atoms with E-state index in [0.717, 1.165) is 37.5 Å². The Kier molecular flexibility index (Phi) is 22.2. The van der Waals surface area contributed by atoms with E-state index in [9.17, 15) is 24.3 Å². The third-order valence-electron chi connectivity index (χ3n) is 8.82. The van der Waals surface area contributed by atoms with Gasteiger partial charge >= 0.3 is 23.9 Å². The van der Waals surface area contributed by atoms with Crippen LogP contribution in [0.4, 0.5) is 0 Å². The number of carbonyl (C=O) groups excluding carboxylic acids is 2. The molecule has 17 heteroatoms.